The molecule has 51 heavy (non-hydrogen) atoms. The van der Waals surface area contributed by atoms with Crippen LogP contribution in [-0.4, -0.2) is 24.3 Å². The zero-order valence-corrected chi connectivity index (χ0v) is 33.8. The van der Waals surface area contributed by atoms with Gasteiger partial charge in [0, 0.05) is 12.1 Å². The Labute approximate surface area is 316 Å². The van der Waals surface area contributed by atoms with E-state index in [4.69, 9.17) is 4.74 Å². The highest BCUT2D eigenvalue weighted by atomic mass is 16.5. The Hall–Kier alpha value is -0.0800. The quantitative estimate of drug-likeness (QED) is 0.298. The van der Waals surface area contributed by atoms with E-state index in [1.807, 2.05) is 0 Å². The first-order valence-corrected chi connectivity index (χ1v) is 24.5. The average Bonchev–Trinajstić information content (AvgIpc) is 3.57. The van der Waals surface area contributed by atoms with Gasteiger partial charge in [-0.3, -0.25) is 0 Å². The molecular weight excluding hydrogens is 619 g/mol. The van der Waals surface area contributed by atoms with Crippen molar-refractivity contribution in [1.82, 2.24) is 5.32 Å². The van der Waals surface area contributed by atoms with Crippen LogP contribution in [0.4, 0.5) is 0 Å². The number of ether oxygens (including phenoxy) is 1. The molecule has 1 N–H and O–H groups in total. The molecule has 0 aromatic heterocycles. The van der Waals surface area contributed by atoms with Gasteiger partial charge >= 0.3 is 0 Å². The Kier molecular flexibility index (Phi) is 11.9. The minimum Gasteiger partial charge on any atom is -0.374 e. The summed E-state index contributed by atoms with van der Waals surface area (Å²) in [7, 11) is 0. The van der Waals surface area contributed by atoms with Crippen LogP contribution >= 0.6 is 0 Å². The molecule has 7 saturated carbocycles. The Balaban J connectivity index is 0.889. The van der Waals surface area contributed by atoms with Crippen molar-refractivity contribution < 1.29 is 4.74 Å². The van der Waals surface area contributed by atoms with Gasteiger partial charge in [0.1, 0.15) is 0 Å². The standard InChI is InChI=1S/C49H83NO/c1-32-16-20-35(21-17-32)39-26-40(36-22-18-33(2)19-23-36)28-41(27-39)38-24-25-44-48(31-38)51-47-15-9-14-43(49(44)47)46-30-42(34-10-5-3-6-11-34)29-45(50-46)37-12-7-4-8-13-37/h32-50H,3-31H2,1-2H3. The van der Waals surface area contributed by atoms with Crippen LogP contribution in [-0.2, 0) is 4.74 Å². The van der Waals surface area contributed by atoms with Crippen LogP contribution in [0.2, 0.25) is 0 Å². The maximum absolute atomic E-state index is 7.38. The van der Waals surface area contributed by atoms with Crippen LogP contribution in [0.25, 0.3) is 0 Å². The fourth-order valence-electron chi connectivity index (χ4n) is 16.3. The zero-order valence-electron chi connectivity index (χ0n) is 33.8. The SMILES string of the molecule is CC1CCC(C2CC(C3CCC(C)CC3)CC(C3CCC4C(C3)OC3CCCC(C5CC(C6CCCCC6)CC(C6CCCCC6)N5)C34)C2)CC1. The molecule has 0 radical (unpaired) electrons. The lowest BCUT2D eigenvalue weighted by Crippen LogP contribution is -2.56. The largest absolute Gasteiger partial charge is 0.374 e. The molecule has 2 nitrogen and oxygen atoms in total. The second-order valence-corrected chi connectivity index (χ2v) is 22.1. The molecule has 9 aliphatic rings. The summed E-state index contributed by atoms with van der Waals surface area (Å²) in [4.78, 5) is 0. The van der Waals surface area contributed by atoms with Crippen LogP contribution in [0.5, 0.6) is 0 Å². The van der Waals surface area contributed by atoms with Crippen molar-refractivity contribution in [3.05, 3.63) is 0 Å². The molecule has 0 aromatic rings. The van der Waals surface area contributed by atoms with Crippen molar-refractivity contribution in [3.8, 4) is 0 Å². The average molecular weight is 702 g/mol. The summed E-state index contributed by atoms with van der Waals surface area (Å²) in [6, 6.07) is 1.60. The van der Waals surface area contributed by atoms with Gasteiger partial charge in [0.15, 0.2) is 0 Å². The third kappa shape index (κ3) is 8.11. The summed E-state index contributed by atoms with van der Waals surface area (Å²) in [5.74, 6) is 13.7. The molecule has 2 heterocycles. The van der Waals surface area contributed by atoms with Gasteiger partial charge in [-0.05, 0) is 186 Å². The highest BCUT2D eigenvalue weighted by Crippen LogP contribution is 2.57. The lowest BCUT2D eigenvalue weighted by atomic mass is 9.57. The maximum Gasteiger partial charge on any atom is 0.0614 e. The van der Waals surface area contributed by atoms with Crippen LogP contribution in [0.3, 0.4) is 0 Å². The molecular formula is C49H83NO. The predicted octanol–water partition coefficient (Wildman–Crippen LogP) is 13.2. The van der Waals surface area contributed by atoms with Crippen LogP contribution < -0.4 is 5.32 Å². The Morgan fingerprint density at radius 2 is 0.843 bits per heavy atom. The van der Waals surface area contributed by atoms with Gasteiger partial charge in [-0.15, -0.1) is 0 Å². The van der Waals surface area contributed by atoms with E-state index in [1.54, 1.807) is 64.2 Å². The highest BCUT2D eigenvalue weighted by Gasteiger charge is 2.55. The number of nitrogens with one attached hydrogen (secondary N) is 1. The van der Waals surface area contributed by atoms with E-state index in [0.29, 0.717) is 12.2 Å². The minimum absolute atomic E-state index is 0.586. The molecule has 2 heteroatoms. The van der Waals surface area contributed by atoms with Gasteiger partial charge in [0.05, 0.1) is 12.2 Å². The molecule has 0 amide bonds. The summed E-state index contributed by atoms with van der Waals surface area (Å²) in [6.07, 6.45) is 45.2. The molecule has 2 aliphatic heterocycles. The first kappa shape index (κ1) is 36.6. The molecule has 11 unspecified atom stereocenters. The molecule has 0 spiro atoms. The van der Waals surface area contributed by atoms with Gasteiger partial charge < -0.3 is 10.1 Å². The van der Waals surface area contributed by atoms with Gasteiger partial charge in [-0.1, -0.05) is 97.3 Å². The number of rotatable bonds is 6. The lowest BCUT2D eigenvalue weighted by Gasteiger charge is -2.50. The molecule has 2 saturated heterocycles. The van der Waals surface area contributed by atoms with Crippen molar-refractivity contribution in [1.29, 1.82) is 0 Å². The van der Waals surface area contributed by atoms with E-state index < -0.39 is 0 Å². The normalized spacial score (nSPS) is 50.7. The maximum atomic E-state index is 7.38. The van der Waals surface area contributed by atoms with Crippen LogP contribution in [0.15, 0.2) is 0 Å². The smallest absolute Gasteiger partial charge is 0.0614 e. The topological polar surface area (TPSA) is 21.3 Å². The van der Waals surface area contributed by atoms with Gasteiger partial charge in [-0.2, -0.15) is 0 Å². The van der Waals surface area contributed by atoms with E-state index in [-0.39, 0.29) is 0 Å². The number of hydrogen-bond donors (Lipinski definition) is 1. The van der Waals surface area contributed by atoms with Crippen LogP contribution in [0.1, 0.15) is 200 Å². The summed E-state index contributed by atoms with van der Waals surface area (Å²) in [5.41, 5.74) is 0. The molecule has 11 atom stereocenters. The molecule has 0 aromatic carbocycles. The Bertz CT molecular complexity index is 1020. The first-order chi connectivity index (χ1) is 25.1. The van der Waals surface area contributed by atoms with E-state index in [0.717, 1.165) is 94.9 Å². The molecule has 9 fully saturated rings. The van der Waals surface area contributed by atoms with Gasteiger partial charge in [0.2, 0.25) is 0 Å². The fraction of sp³-hybridized carbons (Fsp3) is 1.00. The number of fused-ring (bicyclic) bond motifs is 3. The molecule has 290 valence electrons. The van der Waals surface area contributed by atoms with Crippen molar-refractivity contribution in [2.75, 3.05) is 0 Å². The van der Waals surface area contributed by atoms with E-state index >= 15 is 0 Å². The van der Waals surface area contributed by atoms with Crippen molar-refractivity contribution in [2.45, 2.75) is 224 Å². The van der Waals surface area contributed by atoms with Crippen molar-refractivity contribution in [2.24, 2.45) is 82.9 Å². The fourth-order valence-corrected chi connectivity index (χ4v) is 16.3. The van der Waals surface area contributed by atoms with E-state index in [9.17, 15) is 0 Å². The zero-order chi connectivity index (χ0) is 34.3. The van der Waals surface area contributed by atoms with Crippen LogP contribution in [0, 0.1) is 82.9 Å². The second-order valence-electron chi connectivity index (χ2n) is 22.1. The van der Waals surface area contributed by atoms with Crippen molar-refractivity contribution in [3.63, 3.8) is 0 Å². The van der Waals surface area contributed by atoms with Gasteiger partial charge in [0.25, 0.3) is 0 Å². The van der Waals surface area contributed by atoms with Crippen molar-refractivity contribution >= 4 is 0 Å². The van der Waals surface area contributed by atoms with E-state index in [2.05, 4.69) is 19.2 Å². The molecule has 9 rings (SSSR count). The molecule has 7 aliphatic carbocycles. The lowest BCUT2D eigenvalue weighted by molar-refractivity contribution is -0.0305. The summed E-state index contributed by atoms with van der Waals surface area (Å²) in [5, 5.41) is 4.55. The van der Waals surface area contributed by atoms with E-state index in [1.165, 1.54) is 122 Å². The number of hydrogen-bond acceptors (Lipinski definition) is 2. The molecule has 0 bridgehead atoms. The predicted molar refractivity (Wildman–Crippen MR) is 213 cm³/mol. The minimum atomic E-state index is 0.586. The highest BCUT2D eigenvalue weighted by molar-refractivity contribution is 5.05. The first-order valence-electron chi connectivity index (χ1n) is 24.5. The Morgan fingerprint density at radius 3 is 1.47 bits per heavy atom. The summed E-state index contributed by atoms with van der Waals surface area (Å²) < 4.78 is 7.38. The Morgan fingerprint density at radius 1 is 0.333 bits per heavy atom. The second kappa shape index (κ2) is 16.6. The summed E-state index contributed by atoms with van der Waals surface area (Å²) in [6.45, 7) is 5.06. The third-order valence-electron chi connectivity index (χ3n) is 19.2. The van der Waals surface area contributed by atoms with Gasteiger partial charge in [-0.25, -0.2) is 0 Å². The number of piperidine rings is 1. The summed E-state index contributed by atoms with van der Waals surface area (Å²) >= 11 is 0. The monoisotopic (exact) mass is 702 g/mol. The third-order valence-corrected chi connectivity index (χ3v) is 19.2.